The predicted molar refractivity (Wildman–Crippen MR) is 251 cm³/mol. The first-order valence-electron chi connectivity index (χ1n) is 21.4. The number of nitrogens with zero attached hydrogens (tertiary/aromatic N) is 2. The summed E-state index contributed by atoms with van der Waals surface area (Å²) in [5.41, 5.74) is 18.5. The van der Waals surface area contributed by atoms with Gasteiger partial charge in [-0.2, -0.15) is 0 Å². The molecule has 0 atom stereocenters. The number of benzene rings is 8. The van der Waals surface area contributed by atoms with Gasteiger partial charge in [0.05, 0.1) is 22.1 Å². The molecule has 0 spiro atoms. The second-order valence-electron chi connectivity index (χ2n) is 19.2. The molecule has 10 aromatic rings. The van der Waals surface area contributed by atoms with Gasteiger partial charge < -0.3 is 9.13 Å². The topological polar surface area (TPSA) is 9.86 Å². The van der Waals surface area contributed by atoms with Gasteiger partial charge in [-0.3, -0.25) is 0 Å². The van der Waals surface area contributed by atoms with Gasteiger partial charge >= 0.3 is 0 Å². The summed E-state index contributed by atoms with van der Waals surface area (Å²) in [6, 6.07) is 59.7. The summed E-state index contributed by atoms with van der Waals surface area (Å²) in [6.45, 7) is 14.5. The van der Waals surface area contributed by atoms with Crippen LogP contribution >= 0.6 is 0 Å². The summed E-state index contributed by atoms with van der Waals surface area (Å²) in [6.07, 6.45) is 2.35. The molecule has 12 rings (SSSR count). The Bertz CT molecular complexity index is 3390. The summed E-state index contributed by atoms with van der Waals surface area (Å²) in [5.74, 6) is 0. The van der Waals surface area contributed by atoms with Gasteiger partial charge in [0.25, 0.3) is 0 Å². The standard InChI is InChI=1S/C57H48N2/c1-55(2)30-31-56(3,4)48-34-50-44(33-47(48)55)52-41-20-11-10-19-40(41)51-42-21-13-15-23-49(42)58(37-16-8-7-9-17-37)53(51)54(52)59(50)38-27-24-35(25-28-38)36-26-29-46-43(32-36)39-18-12-14-22-45(39)57(46,5)6/h7-29,32-34H,30-31H2,1-6H3. The number of rotatable bonds is 3. The van der Waals surface area contributed by atoms with Crippen LogP contribution in [0.3, 0.4) is 0 Å². The van der Waals surface area contributed by atoms with E-state index in [2.05, 4.69) is 208 Å². The fourth-order valence-electron chi connectivity index (χ4n) is 11.3. The lowest BCUT2D eigenvalue weighted by Crippen LogP contribution is -2.33. The van der Waals surface area contributed by atoms with Crippen molar-refractivity contribution in [3.63, 3.8) is 0 Å². The molecule has 2 aromatic heterocycles. The lowest BCUT2D eigenvalue weighted by Gasteiger charge is -2.42. The van der Waals surface area contributed by atoms with Crippen molar-refractivity contribution in [1.29, 1.82) is 0 Å². The highest BCUT2D eigenvalue weighted by molar-refractivity contribution is 6.36. The van der Waals surface area contributed by atoms with Gasteiger partial charge in [-0.25, -0.2) is 0 Å². The number of aromatic nitrogens is 2. The van der Waals surface area contributed by atoms with Crippen LogP contribution in [-0.2, 0) is 16.2 Å². The molecule has 0 saturated heterocycles. The second kappa shape index (κ2) is 11.9. The van der Waals surface area contributed by atoms with Crippen LogP contribution in [0.1, 0.15) is 76.6 Å². The normalized spacial score (nSPS) is 16.2. The first kappa shape index (κ1) is 34.6. The van der Waals surface area contributed by atoms with E-state index >= 15 is 0 Å². The van der Waals surface area contributed by atoms with Crippen LogP contribution in [0.2, 0.25) is 0 Å². The van der Waals surface area contributed by atoms with Crippen LogP contribution in [0.4, 0.5) is 0 Å². The Balaban J connectivity index is 1.20. The van der Waals surface area contributed by atoms with Crippen LogP contribution in [0, 0.1) is 0 Å². The number of hydrogen-bond donors (Lipinski definition) is 0. The Labute approximate surface area is 346 Å². The molecule has 59 heavy (non-hydrogen) atoms. The predicted octanol–water partition coefficient (Wildman–Crippen LogP) is 15.4. The third-order valence-corrected chi connectivity index (χ3v) is 14.6. The van der Waals surface area contributed by atoms with Gasteiger partial charge in [0, 0.05) is 38.3 Å². The highest BCUT2D eigenvalue weighted by Gasteiger charge is 2.39. The minimum atomic E-state index is -0.00839. The SMILES string of the molecule is CC1(C)CCC(C)(C)c2cc3c(cc21)c1c2ccccc2c2c4ccccc4n(-c4ccccc4)c2c1n3-c1ccc(-c2ccc3c(c2)-c2ccccc2C3(C)C)cc1. The van der Waals surface area contributed by atoms with Gasteiger partial charge in [-0.05, 0) is 127 Å². The molecule has 0 amide bonds. The minimum Gasteiger partial charge on any atom is -0.307 e. The van der Waals surface area contributed by atoms with E-state index in [1.165, 1.54) is 123 Å². The van der Waals surface area contributed by atoms with Crippen molar-refractivity contribution in [2.45, 2.75) is 70.6 Å². The average molecular weight is 761 g/mol. The van der Waals surface area contributed by atoms with Crippen LogP contribution in [0.5, 0.6) is 0 Å². The Morgan fingerprint density at radius 3 is 1.61 bits per heavy atom. The zero-order valence-corrected chi connectivity index (χ0v) is 34.8. The average Bonchev–Trinajstić information content (AvgIpc) is 3.86. The molecule has 0 aliphatic heterocycles. The van der Waals surface area contributed by atoms with Gasteiger partial charge in [0.1, 0.15) is 0 Å². The van der Waals surface area contributed by atoms with Gasteiger partial charge in [-0.15, -0.1) is 0 Å². The second-order valence-corrected chi connectivity index (χ2v) is 19.2. The third kappa shape index (κ3) is 4.69. The lowest BCUT2D eigenvalue weighted by atomic mass is 9.63. The van der Waals surface area contributed by atoms with E-state index in [0.717, 1.165) is 0 Å². The van der Waals surface area contributed by atoms with Crippen LogP contribution in [-0.4, -0.2) is 9.13 Å². The van der Waals surface area contributed by atoms with Crippen molar-refractivity contribution in [2.75, 3.05) is 0 Å². The van der Waals surface area contributed by atoms with E-state index in [1.54, 1.807) is 0 Å². The molecule has 2 aliphatic rings. The largest absolute Gasteiger partial charge is 0.307 e. The van der Waals surface area contributed by atoms with Crippen molar-refractivity contribution in [1.82, 2.24) is 9.13 Å². The Hall–Kier alpha value is -6.38. The minimum absolute atomic E-state index is 0.00839. The molecule has 286 valence electrons. The zero-order valence-electron chi connectivity index (χ0n) is 34.8. The van der Waals surface area contributed by atoms with Crippen LogP contribution in [0.15, 0.2) is 158 Å². The van der Waals surface area contributed by atoms with E-state index in [4.69, 9.17) is 0 Å². The summed E-state index contributed by atoms with van der Waals surface area (Å²) < 4.78 is 5.14. The molecule has 8 aromatic carbocycles. The molecular formula is C57H48N2. The highest BCUT2D eigenvalue weighted by atomic mass is 15.0. The Morgan fingerprint density at radius 2 is 0.898 bits per heavy atom. The molecule has 2 heteroatoms. The van der Waals surface area contributed by atoms with Gasteiger partial charge in [-0.1, -0.05) is 151 Å². The smallest absolute Gasteiger partial charge is 0.0795 e. The van der Waals surface area contributed by atoms with E-state index in [0.29, 0.717) is 0 Å². The maximum absolute atomic E-state index is 2.61. The van der Waals surface area contributed by atoms with E-state index in [-0.39, 0.29) is 16.2 Å². The molecule has 2 aliphatic carbocycles. The first-order chi connectivity index (χ1) is 28.5. The van der Waals surface area contributed by atoms with Crippen LogP contribution < -0.4 is 0 Å². The lowest BCUT2D eigenvalue weighted by molar-refractivity contribution is 0.332. The van der Waals surface area contributed by atoms with Crippen molar-refractivity contribution >= 4 is 54.4 Å². The van der Waals surface area contributed by atoms with E-state index in [1.807, 2.05) is 0 Å². The van der Waals surface area contributed by atoms with Crippen molar-refractivity contribution in [3.8, 4) is 33.6 Å². The molecule has 0 fully saturated rings. The number of fused-ring (bicyclic) bond motifs is 14. The molecule has 2 nitrogen and oxygen atoms in total. The summed E-state index contributed by atoms with van der Waals surface area (Å²) in [7, 11) is 0. The Morgan fingerprint density at radius 1 is 0.373 bits per heavy atom. The third-order valence-electron chi connectivity index (χ3n) is 14.6. The molecular weight excluding hydrogens is 713 g/mol. The molecule has 2 heterocycles. The quantitative estimate of drug-likeness (QED) is 0.170. The van der Waals surface area contributed by atoms with Gasteiger partial charge in [0.2, 0.25) is 0 Å². The number of hydrogen-bond acceptors (Lipinski definition) is 0. The Kier molecular flexibility index (Phi) is 6.96. The number of para-hydroxylation sites is 2. The van der Waals surface area contributed by atoms with Gasteiger partial charge in [0.15, 0.2) is 0 Å². The highest BCUT2D eigenvalue weighted by Crippen LogP contribution is 2.53. The summed E-state index contributed by atoms with van der Waals surface area (Å²) >= 11 is 0. The molecule has 0 unspecified atom stereocenters. The van der Waals surface area contributed by atoms with Crippen LogP contribution in [0.25, 0.3) is 88.0 Å². The fourth-order valence-corrected chi connectivity index (χ4v) is 11.3. The summed E-state index contributed by atoms with van der Waals surface area (Å²) in [5, 5.41) is 7.85. The first-order valence-corrected chi connectivity index (χ1v) is 21.4. The van der Waals surface area contributed by atoms with E-state index < -0.39 is 0 Å². The molecule has 0 saturated carbocycles. The maximum atomic E-state index is 2.61. The van der Waals surface area contributed by atoms with Crippen molar-refractivity contribution < 1.29 is 0 Å². The molecule has 0 bridgehead atoms. The molecule has 0 N–H and O–H groups in total. The summed E-state index contributed by atoms with van der Waals surface area (Å²) in [4.78, 5) is 0. The van der Waals surface area contributed by atoms with Crippen molar-refractivity contribution in [2.24, 2.45) is 0 Å². The zero-order chi connectivity index (χ0) is 40.0. The monoisotopic (exact) mass is 760 g/mol. The van der Waals surface area contributed by atoms with E-state index in [9.17, 15) is 0 Å². The fraction of sp³-hybridized carbons (Fsp3) is 0.193. The maximum Gasteiger partial charge on any atom is 0.0795 e. The van der Waals surface area contributed by atoms with Crippen molar-refractivity contribution in [3.05, 3.63) is 180 Å². The molecule has 0 radical (unpaired) electrons.